The molecule has 17 heteroatoms. The van der Waals surface area contributed by atoms with Crippen molar-refractivity contribution < 1.29 is 47.1 Å². The molecule has 3 aromatic carbocycles. The summed E-state index contributed by atoms with van der Waals surface area (Å²) < 4.78 is 36.8. The van der Waals surface area contributed by atoms with Gasteiger partial charge < -0.3 is 25.4 Å². The first-order chi connectivity index (χ1) is 25.6. The number of ether oxygens (including phenoxy) is 1. The number of hydrogen-bond donors (Lipinski definition) is 4. The van der Waals surface area contributed by atoms with Crippen LogP contribution in [-0.2, 0) is 51.5 Å². The van der Waals surface area contributed by atoms with Crippen LogP contribution in [-0.4, -0.2) is 69.9 Å². The third-order valence-electron chi connectivity index (χ3n) is 8.03. The molecule has 1 aromatic heterocycles. The largest absolute Gasteiger partial charge is 0.490 e. The number of fused-ring (bicyclic) bond motifs is 1. The highest BCUT2D eigenvalue weighted by atomic mass is 32.1. The molecule has 0 spiro atoms. The van der Waals surface area contributed by atoms with Crippen LogP contribution in [0.1, 0.15) is 49.3 Å². The summed E-state index contributed by atoms with van der Waals surface area (Å²) in [5, 5.41) is 32.6. The highest BCUT2D eigenvalue weighted by Gasteiger charge is 2.38. The van der Waals surface area contributed by atoms with Crippen LogP contribution in [0.3, 0.4) is 0 Å². The number of nitrogens with zero attached hydrogens (tertiary/aromatic N) is 2. The summed E-state index contributed by atoms with van der Waals surface area (Å²) in [7, 11) is 0. The minimum Gasteiger partial charge on any atom is -0.475 e. The van der Waals surface area contributed by atoms with Crippen molar-refractivity contribution in [1.82, 2.24) is 15.5 Å². The van der Waals surface area contributed by atoms with Crippen LogP contribution in [0.5, 0.6) is 0 Å². The number of hydrogen-bond acceptors (Lipinski definition) is 9. The lowest BCUT2D eigenvalue weighted by Gasteiger charge is -2.31. The first kappa shape index (κ1) is 40.7. The summed E-state index contributed by atoms with van der Waals surface area (Å²) in [6.07, 6.45) is -4.14. The van der Waals surface area contributed by atoms with Gasteiger partial charge in [-0.1, -0.05) is 54.6 Å². The summed E-state index contributed by atoms with van der Waals surface area (Å²) in [5.74, 6) is -3.56. The predicted octanol–water partition coefficient (Wildman–Crippen LogP) is 5.44. The van der Waals surface area contributed by atoms with E-state index in [2.05, 4.69) is 10.6 Å². The molecule has 0 aliphatic carbocycles. The molecule has 0 bridgehead atoms. The molecule has 4 N–H and O–H groups in total. The van der Waals surface area contributed by atoms with E-state index in [1.807, 2.05) is 36.4 Å². The van der Waals surface area contributed by atoms with E-state index in [9.17, 15) is 37.7 Å². The number of esters is 1. The van der Waals surface area contributed by atoms with E-state index in [0.717, 1.165) is 20.9 Å². The second-order valence-corrected chi connectivity index (χ2v) is 13.1. The summed E-state index contributed by atoms with van der Waals surface area (Å²) in [4.78, 5) is 62.7. The van der Waals surface area contributed by atoms with Crippen LogP contribution in [0.25, 0.3) is 0 Å². The fourth-order valence-corrected chi connectivity index (χ4v) is 6.51. The standard InChI is InChI=1S/C35H35N5O6S.C2HF3O2/c1-2-46-32(41)20-29-19-27-22-39(17-16-31(27)47-29)35(43)30(18-23-8-14-28(15-9-23)40(44)45)38-34(42)26-12-10-25(11-13-26)33(36)37-21-24-6-4-3-5-7-24;3-2(4,5)1(6)7/h3-15,19,30H,2,16-18,20-22H2,1H3,(H2,36,37)(H,38,42);(H,6,7)/t30-;/m0./s1. The molecule has 0 saturated heterocycles. The van der Waals surface area contributed by atoms with E-state index < -0.39 is 29.0 Å². The van der Waals surface area contributed by atoms with Crippen molar-refractivity contribution in [2.45, 2.75) is 51.5 Å². The number of benzene rings is 3. The molecule has 1 aliphatic rings. The molecular weight excluding hydrogens is 731 g/mol. The number of nitro groups is 1. The molecule has 2 amide bonds. The predicted molar refractivity (Wildman–Crippen MR) is 192 cm³/mol. The number of aliphatic carboxylic acids is 1. The molecule has 284 valence electrons. The normalized spacial score (nSPS) is 12.6. The monoisotopic (exact) mass is 767 g/mol. The van der Waals surface area contributed by atoms with Crippen molar-refractivity contribution in [3.63, 3.8) is 0 Å². The Balaban J connectivity index is 0.000000845. The number of halogens is 3. The van der Waals surface area contributed by atoms with Crippen LogP contribution in [0.15, 0.2) is 84.9 Å². The molecule has 0 saturated carbocycles. The topological polar surface area (TPSA) is 192 Å². The SMILES string of the molecule is CCOC(=O)Cc1cc2c(s1)CCN(C(=O)[C@H](Cc1ccc([N+](=O)[O-])cc1)NC(=O)c1ccc(C(=N)NCc3ccccc3)cc1)C2.O=C(O)C(F)(F)F. The van der Waals surface area contributed by atoms with Crippen molar-refractivity contribution >= 4 is 46.6 Å². The lowest BCUT2D eigenvalue weighted by Crippen LogP contribution is -2.50. The third kappa shape index (κ3) is 11.7. The molecule has 4 aromatic rings. The van der Waals surface area contributed by atoms with Gasteiger partial charge in [0.1, 0.15) is 11.9 Å². The van der Waals surface area contributed by atoms with Gasteiger partial charge in [-0.15, -0.1) is 11.3 Å². The molecule has 1 aliphatic heterocycles. The van der Waals surface area contributed by atoms with Crippen LogP contribution in [0.4, 0.5) is 18.9 Å². The number of non-ortho nitro benzene ring substituents is 1. The number of rotatable bonds is 12. The van der Waals surface area contributed by atoms with Gasteiger partial charge >= 0.3 is 18.1 Å². The molecule has 5 rings (SSSR count). The van der Waals surface area contributed by atoms with Gasteiger partial charge in [0.15, 0.2) is 0 Å². The average molecular weight is 768 g/mol. The van der Waals surface area contributed by atoms with E-state index in [0.29, 0.717) is 49.4 Å². The van der Waals surface area contributed by atoms with Gasteiger partial charge in [-0.05, 0) is 48.2 Å². The maximum atomic E-state index is 14.0. The van der Waals surface area contributed by atoms with Gasteiger partial charge in [0.25, 0.3) is 11.6 Å². The van der Waals surface area contributed by atoms with Crippen molar-refractivity contribution in [3.05, 3.63) is 133 Å². The molecule has 54 heavy (non-hydrogen) atoms. The van der Waals surface area contributed by atoms with Crippen LogP contribution in [0.2, 0.25) is 0 Å². The number of carbonyl (C=O) groups excluding carboxylic acids is 3. The highest BCUT2D eigenvalue weighted by Crippen LogP contribution is 2.29. The fourth-order valence-electron chi connectivity index (χ4n) is 5.35. The maximum absolute atomic E-state index is 14.0. The Morgan fingerprint density at radius 1 is 1.00 bits per heavy atom. The van der Waals surface area contributed by atoms with E-state index >= 15 is 0 Å². The second-order valence-electron chi connectivity index (χ2n) is 11.9. The highest BCUT2D eigenvalue weighted by molar-refractivity contribution is 7.12. The van der Waals surface area contributed by atoms with E-state index in [-0.39, 0.29) is 36.2 Å². The van der Waals surface area contributed by atoms with Crippen molar-refractivity contribution in [1.29, 1.82) is 5.41 Å². The number of nitrogens with one attached hydrogen (secondary N) is 3. The lowest BCUT2D eigenvalue weighted by atomic mass is 10.0. The average Bonchev–Trinajstić information content (AvgIpc) is 3.55. The molecular formula is C37H36F3N5O8S. The zero-order valence-electron chi connectivity index (χ0n) is 28.9. The molecule has 13 nitrogen and oxygen atoms in total. The maximum Gasteiger partial charge on any atom is 0.490 e. The summed E-state index contributed by atoms with van der Waals surface area (Å²) in [5.41, 5.74) is 3.54. The molecule has 0 unspecified atom stereocenters. The lowest BCUT2D eigenvalue weighted by molar-refractivity contribution is -0.384. The Morgan fingerprint density at radius 3 is 2.22 bits per heavy atom. The number of nitro benzene ring substituents is 1. The van der Waals surface area contributed by atoms with Gasteiger partial charge in [-0.25, -0.2) is 4.79 Å². The quantitative estimate of drug-likeness (QED) is 0.0478. The number of carboxylic acids is 1. The van der Waals surface area contributed by atoms with Gasteiger partial charge in [-0.3, -0.25) is 29.9 Å². The van der Waals surface area contributed by atoms with E-state index in [4.69, 9.17) is 20.0 Å². The second kappa shape index (κ2) is 18.6. The number of amidine groups is 1. The van der Waals surface area contributed by atoms with Crippen molar-refractivity contribution in [2.24, 2.45) is 0 Å². The Morgan fingerprint density at radius 2 is 1.63 bits per heavy atom. The van der Waals surface area contributed by atoms with Crippen molar-refractivity contribution in [3.8, 4) is 0 Å². The number of amides is 2. The Bertz CT molecular complexity index is 1970. The first-order valence-corrected chi connectivity index (χ1v) is 17.3. The molecule has 0 fully saturated rings. The fraction of sp³-hybridized carbons (Fsp3) is 0.270. The van der Waals surface area contributed by atoms with Crippen molar-refractivity contribution in [2.75, 3.05) is 13.2 Å². The number of alkyl halides is 3. The minimum absolute atomic E-state index is 0.0655. The summed E-state index contributed by atoms with van der Waals surface area (Å²) in [6.45, 7) is 3.36. The summed E-state index contributed by atoms with van der Waals surface area (Å²) >= 11 is 1.55. The Labute approximate surface area is 311 Å². The third-order valence-corrected chi connectivity index (χ3v) is 9.27. The van der Waals surface area contributed by atoms with Crippen LogP contribution in [0, 0.1) is 15.5 Å². The zero-order chi connectivity index (χ0) is 39.4. The van der Waals surface area contributed by atoms with Gasteiger partial charge in [0.2, 0.25) is 5.91 Å². The zero-order valence-corrected chi connectivity index (χ0v) is 29.7. The minimum atomic E-state index is -5.08. The van der Waals surface area contributed by atoms with E-state index in [1.165, 1.54) is 12.1 Å². The number of carbonyl (C=O) groups is 4. The number of carboxylic acid groups (broad SMARTS) is 1. The molecule has 0 radical (unpaired) electrons. The molecule has 2 heterocycles. The first-order valence-electron chi connectivity index (χ1n) is 16.5. The number of thiophene rings is 1. The van der Waals surface area contributed by atoms with Gasteiger partial charge in [0.05, 0.1) is 18.0 Å². The Hall–Kier alpha value is -6.10. The van der Waals surface area contributed by atoms with Gasteiger partial charge in [-0.2, -0.15) is 13.2 Å². The van der Waals surface area contributed by atoms with Gasteiger partial charge in [0, 0.05) is 59.1 Å². The van der Waals surface area contributed by atoms with E-state index in [1.54, 1.807) is 59.6 Å². The smallest absolute Gasteiger partial charge is 0.475 e. The Kier molecular flexibility index (Phi) is 14.0. The van der Waals surface area contributed by atoms with Crippen LogP contribution < -0.4 is 10.6 Å². The molecule has 1 atom stereocenters. The van der Waals surface area contributed by atoms with Crippen LogP contribution >= 0.6 is 11.3 Å². The summed E-state index contributed by atoms with van der Waals surface area (Å²) in [6, 6.07) is 23.2.